The molecule has 1 rings (SSSR count). The van der Waals surface area contributed by atoms with Crippen LogP contribution >= 0.6 is 0 Å². The molecule has 0 aromatic rings. The highest BCUT2D eigenvalue weighted by Crippen LogP contribution is 2.27. The average Bonchev–Trinajstić information content (AvgIpc) is 2.94. The molecule has 1 aliphatic rings. The summed E-state index contributed by atoms with van der Waals surface area (Å²) in [6, 6.07) is -1.04. The van der Waals surface area contributed by atoms with Gasteiger partial charge in [0.1, 0.15) is 11.6 Å². The summed E-state index contributed by atoms with van der Waals surface area (Å²) in [6.07, 6.45) is 5.94. The Morgan fingerprint density at radius 3 is 2.39 bits per heavy atom. The van der Waals surface area contributed by atoms with Crippen molar-refractivity contribution in [3.63, 3.8) is 0 Å². The first kappa shape index (κ1) is 19.7. The second-order valence-electron chi connectivity index (χ2n) is 7.35. The number of esters is 1. The summed E-state index contributed by atoms with van der Waals surface area (Å²) < 4.78 is 5.26. The van der Waals surface area contributed by atoms with Crippen molar-refractivity contribution in [3.05, 3.63) is 0 Å². The van der Waals surface area contributed by atoms with Crippen LogP contribution in [0.25, 0.3) is 0 Å². The number of hydrogen-bond donors (Lipinski definition) is 2. The fourth-order valence-corrected chi connectivity index (χ4v) is 2.80. The second kappa shape index (κ2) is 9.11. The number of aliphatic hydroxyl groups excluding tert-OH is 1. The zero-order valence-electron chi connectivity index (χ0n) is 14.9. The summed E-state index contributed by atoms with van der Waals surface area (Å²) in [6.45, 7) is 7.79. The van der Waals surface area contributed by atoms with E-state index in [2.05, 4.69) is 5.32 Å². The monoisotopic (exact) mass is 328 g/mol. The lowest BCUT2D eigenvalue weighted by atomic mass is 10.0. The van der Waals surface area contributed by atoms with Crippen LogP contribution in [0.15, 0.2) is 0 Å². The van der Waals surface area contributed by atoms with E-state index >= 15 is 0 Å². The molecule has 1 fully saturated rings. The Morgan fingerprint density at radius 1 is 1.26 bits per heavy atom. The standard InChI is InChI=1S/C17H32N2O4/c1-13(15(21)23-17(2,3)4)18-16(22)19(11-12-20)10-9-14-7-5-6-8-14/h13-14,20H,5-12H2,1-4H3,(H,18,22)/t13-/m0/s1. The van der Waals surface area contributed by atoms with Crippen LogP contribution in [0.3, 0.4) is 0 Å². The minimum Gasteiger partial charge on any atom is -0.458 e. The molecule has 0 spiro atoms. The fourth-order valence-electron chi connectivity index (χ4n) is 2.80. The van der Waals surface area contributed by atoms with Crippen LogP contribution in [0, 0.1) is 5.92 Å². The highest BCUT2D eigenvalue weighted by Gasteiger charge is 2.25. The SMILES string of the molecule is C[C@H](NC(=O)N(CCO)CCC1CCCC1)C(=O)OC(C)(C)C. The van der Waals surface area contributed by atoms with E-state index in [9.17, 15) is 9.59 Å². The molecule has 6 heteroatoms. The molecule has 0 saturated heterocycles. The minimum absolute atomic E-state index is 0.0844. The first-order valence-corrected chi connectivity index (χ1v) is 8.62. The van der Waals surface area contributed by atoms with Gasteiger partial charge < -0.3 is 20.1 Å². The number of carbonyl (C=O) groups is 2. The topological polar surface area (TPSA) is 78.9 Å². The van der Waals surface area contributed by atoms with Gasteiger partial charge in [-0.05, 0) is 40.0 Å². The Morgan fingerprint density at radius 2 is 1.87 bits per heavy atom. The zero-order chi connectivity index (χ0) is 17.5. The lowest BCUT2D eigenvalue weighted by Crippen LogP contribution is -2.49. The quantitative estimate of drug-likeness (QED) is 0.703. The van der Waals surface area contributed by atoms with Crippen molar-refractivity contribution < 1.29 is 19.4 Å². The van der Waals surface area contributed by atoms with Crippen LogP contribution in [0.5, 0.6) is 0 Å². The van der Waals surface area contributed by atoms with Gasteiger partial charge in [0.15, 0.2) is 0 Å². The van der Waals surface area contributed by atoms with Crippen LogP contribution in [0.1, 0.15) is 59.8 Å². The van der Waals surface area contributed by atoms with Crippen LogP contribution in [-0.4, -0.2) is 53.3 Å². The van der Waals surface area contributed by atoms with E-state index in [0.717, 1.165) is 6.42 Å². The fraction of sp³-hybridized carbons (Fsp3) is 0.882. The van der Waals surface area contributed by atoms with Crippen LogP contribution in [-0.2, 0) is 9.53 Å². The molecule has 0 radical (unpaired) electrons. The van der Waals surface area contributed by atoms with E-state index in [4.69, 9.17) is 9.84 Å². The van der Waals surface area contributed by atoms with Gasteiger partial charge >= 0.3 is 12.0 Å². The van der Waals surface area contributed by atoms with Gasteiger partial charge in [0.05, 0.1) is 6.61 Å². The number of amides is 2. The van der Waals surface area contributed by atoms with Crippen molar-refractivity contribution in [2.45, 2.75) is 71.4 Å². The number of carbonyl (C=O) groups excluding carboxylic acids is 2. The lowest BCUT2D eigenvalue weighted by Gasteiger charge is -2.27. The maximum Gasteiger partial charge on any atom is 0.328 e. The number of rotatable bonds is 7. The van der Waals surface area contributed by atoms with Gasteiger partial charge in [-0.3, -0.25) is 0 Å². The van der Waals surface area contributed by atoms with Crippen molar-refractivity contribution >= 4 is 12.0 Å². The summed E-state index contributed by atoms with van der Waals surface area (Å²) in [4.78, 5) is 25.8. The Balaban J connectivity index is 2.47. The van der Waals surface area contributed by atoms with Gasteiger partial charge in [-0.1, -0.05) is 25.7 Å². The summed E-state index contributed by atoms with van der Waals surface area (Å²) >= 11 is 0. The number of aliphatic hydroxyl groups is 1. The zero-order valence-corrected chi connectivity index (χ0v) is 14.9. The molecule has 0 aromatic carbocycles. The molecule has 6 nitrogen and oxygen atoms in total. The molecule has 23 heavy (non-hydrogen) atoms. The largest absolute Gasteiger partial charge is 0.458 e. The summed E-state index contributed by atoms with van der Waals surface area (Å²) in [5.41, 5.74) is -0.580. The van der Waals surface area contributed by atoms with Crippen molar-refractivity contribution in [2.75, 3.05) is 19.7 Å². The number of hydrogen-bond acceptors (Lipinski definition) is 4. The van der Waals surface area contributed by atoms with Crippen LogP contribution in [0.2, 0.25) is 0 Å². The number of nitrogens with zero attached hydrogens (tertiary/aromatic N) is 1. The van der Waals surface area contributed by atoms with E-state index in [1.807, 2.05) is 0 Å². The Kier molecular flexibility index (Phi) is 7.82. The minimum atomic E-state index is -0.714. The molecule has 0 aromatic heterocycles. The van der Waals surface area contributed by atoms with Gasteiger partial charge in [0.2, 0.25) is 0 Å². The molecule has 0 unspecified atom stereocenters. The third-order valence-corrected chi connectivity index (χ3v) is 4.04. The predicted octanol–water partition coefficient (Wildman–Crippen LogP) is 2.30. The van der Waals surface area contributed by atoms with Gasteiger partial charge in [-0.2, -0.15) is 0 Å². The van der Waals surface area contributed by atoms with E-state index in [0.29, 0.717) is 12.5 Å². The van der Waals surface area contributed by atoms with Crippen LogP contribution in [0.4, 0.5) is 4.79 Å². The van der Waals surface area contributed by atoms with Gasteiger partial charge in [0, 0.05) is 13.1 Å². The first-order chi connectivity index (χ1) is 10.7. The Hall–Kier alpha value is -1.30. The smallest absolute Gasteiger partial charge is 0.328 e. The van der Waals surface area contributed by atoms with Crippen molar-refractivity contribution in [1.82, 2.24) is 10.2 Å². The predicted molar refractivity (Wildman–Crippen MR) is 89.1 cm³/mol. The third kappa shape index (κ3) is 7.68. The average molecular weight is 328 g/mol. The maximum absolute atomic E-state index is 12.3. The Labute approximate surface area is 139 Å². The van der Waals surface area contributed by atoms with Crippen molar-refractivity contribution in [2.24, 2.45) is 5.92 Å². The molecule has 2 amide bonds. The summed E-state index contributed by atoms with van der Waals surface area (Å²) in [7, 11) is 0. The summed E-state index contributed by atoms with van der Waals surface area (Å²) in [5.74, 6) is 0.220. The first-order valence-electron chi connectivity index (χ1n) is 8.62. The third-order valence-electron chi connectivity index (χ3n) is 4.04. The van der Waals surface area contributed by atoms with Gasteiger partial charge in [0.25, 0.3) is 0 Å². The molecule has 1 atom stereocenters. The normalized spacial score (nSPS) is 16.9. The number of nitrogens with one attached hydrogen (secondary N) is 1. The van der Waals surface area contributed by atoms with Gasteiger partial charge in [-0.25, -0.2) is 9.59 Å². The second-order valence-corrected chi connectivity index (χ2v) is 7.35. The molecule has 0 heterocycles. The summed E-state index contributed by atoms with van der Waals surface area (Å²) in [5, 5.41) is 11.8. The maximum atomic E-state index is 12.3. The van der Waals surface area contributed by atoms with E-state index in [1.165, 1.54) is 25.7 Å². The molecule has 1 aliphatic carbocycles. The molecule has 2 N–H and O–H groups in total. The van der Waals surface area contributed by atoms with Crippen LogP contribution < -0.4 is 5.32 Å². The van der Waals surface area contributed by atoms with Crippen molar-refractivity contribution in [1.29, 1.82) is 0 Å². The number of ether oxygens (including phenoxy) is 1. The molecule has 0 aliphatic heterocycles. The highest BCUT2D eigenvalue weighted by atomic mass is 16.6. The Bertz CT molecular complexity index is 387. The van der Waals surface area contributed by atoms with Gasteiger partial charge in [-0.15, -0.1) is 0 Å². The molecular formula is C17H32N2O4. The van der Waals surface area contributed by atoms with Crippen molar-refractivity contribution in [3.8, 4) is 0 Å². The molecule has 0 bridgehead atoms. The molecule has 134 valence electrons. The molecule has 1 saturated carbocycles. The van der Waals surface area contributed by atoms with E-state index in [-0.39, 0.29) is 19.2 Å². The highest BCUT2D eigenvalue weighted by molar-refractivity contribution is 5.83. The molecular weight excluding hydrogens is 296 g/mol. The van der Waals surface area contributed by atoms with E-state index in [1.54, 1.807) is 32.6 Å². The lowest BCUT2D eigenvalue weighted by molar-refractivity contribution is -0.156. The van der Waals surface area contributed by atoms with E-state index < -0.39 is 17.6 Å². The number of urea groups is 1.